The fraction of sp³-hybridized carbons (Fsp3) is 0.467. The molecular weight excluding hydrogens is 257 g/mol. The predicted octanol–water partition coefficient (Wildman–Crippen LogP) is 3.67. The molecule has 2 aromatic rings. The first kappa shape index (κ1) is 13.1. The number of nitrogens with zero attached hydrogens (tertiary/aromatic N) is 2. The summed E-state index contributed by atoms with van der Waals surface area (Å²) in [6, 6.07) is 4.73. The summed E-state index contributed by atoms with van der Waals surface area (Å²) < 4.78 is 19.0. The number of nitrogens with one attached hydrogen (secondary N) is 1. The molecule has 5 heteroatoms. The second kappa shape index (κ2) is 5.61. The summed E-state index contributed by atoms with van der Waals surface area (Å²) in [6.07, 6.45) is 6.04. The van der Waals surface area contributed by atoms with Crippen molar-refractivity contribution in [1.29, 1.82) is 0 Å². The van der Waals surface area contributed by atoms with E-state index >= 15 is 0 Å². The van der Waals surface area contributed by atoms with E-state index in [0.717, 1.165) is 18.7 Å². The summed E-state index contributed by atoms with van der Waals surface area (Å²) in [5.74, 6) is 1.87. The van der Waals surface area contributed by atoms with Gasteiger partial charge in [0, 0.05) is 12.0 Å². The van der Waals surface area contributed by atoms with E-state index in [1.54, 1.807) is 12.1 Å². The van der Waals surface area contributed by atoms with Crippen molar-refractivity contribution in [2.45, 2.75) is 38.0 Å². The molecule has 1 saturated carbocycles. The number of rotatable bonds is 3. The highest BCUT2D eigenvalue weighted by Gasteiger charge is 2.20. The molecule has 1 aromatic carbocycles. The lowest BCUT2D eigenvalue weighted by Crippen LogP contribution is -2.06. The van der Waals surface area contributed by atoms with Gasteiger partial charge in [-0.3, -0.25) is 5.10 Å². The number of benzene rings is 1. The van der Waals surface area contributed by atoms with Gasteiger partial charge in [-0.1, -0.05) is 19.3 Å². The van der Waals surface area contributed by atoms with Crippen LogP contribution in [-0.2, 0) is 0 Å². The molecule has 0 bridgehead atoms. The average Bonchev–Trinajstić information content (AvgIpc) is 2.97. The maximum Gasteiger partial charge on any atom is 0.184 e. The van der Waals surface area contributed by atoms with Crippen LogP contribution in [0.1, 0.15) is 43.8 Å². The summed E-state index contributed by atoms with van der Waals surface area (Å²) in [7, 11) is 1.52. The van der Waals surface area contributed by atoms with Crippen molar-refractivity contribution in [2.24, 2.45) is 0 Å². The normalized spacial score (nSPS) is 16.3. The Bertz CT molecular complexity index is 591. The van der Waals surface area contributed by atoms with Gasteiger partial charge in [0.2, 0.25) is 0 Å². The fourth-order valence-corrected chi connectivity index (χ4v) is 2.76. The molecule has 1 N–H and O–H groups in total. The smallest absolute Gasteiger partial charge is 0.184 e. The molecular formula is C15H18FN3O. The van der Waals surface area contributed by atoms with Gasteiger partial charge in [-0.25, -0.2) is 9.37 Å². The number of ether oxygens (including phenoxy) is 1. The predicted molar refractivity (Wildman–Crippen MR) is 74.2 cm³/mol. The molecule has 0 spiro atoms. The van der Waals surface area contributed by atoms with E-state index in [1.165, 1.54) is 32.4 Å². The maximum absolute atomic E-state index is 14.0. The van der Waals surface area contributed by atoms with Crippen molar-refractivity contribution >= 4 is 0 Å². The largest absolute Gasteiger partial charge is 0.497 e. The molecule has 1 fully saturated rings. The molecule has 0 aliphatic heterocycles. The summed E-state index contributed by atoms with van der Waals surface area (Å²) >= 11 is 0. The molecule has 20 heavy (non-hydrogen) atoms. The van der Waals surface area contributed by atoms with Crippen LogP contribution in [0.15, 0.2) is 18.2 Å². The van der Waals surface area contributed by atoms with Crippen LogP contribution in [-0.4, -0.2) is 22.3 Å². The molecule has 1 aliphatic carbocycles. The zero-order valence-corrected chi connectivity index (χ0v) is 11.5. The third-order valence-corrected chi connectivity index (χ3v) is 3.91. The Balaban J connectivity index is 1.85. The Morgan fingerprint density at radius 3 is 2.75 bits per heavy atom. The van der Waals surface area contributed by atoms with Crippen molar-refractivity contribution in [3.05, 3.63) is 29.8 Å². The highest BCUT2D eigenvalue weighted by atomic mass is 19.1. The van der Waals surface area contributed by atoms with Gasteiger partial charge in [0.05, 0.1) is 12.7 Å². The van der Waals surface area contributed by atoms with E-state index in [2.05, 4.69) is 15.2 Å². The lowest BCUT2D eigenvalue weighted by molar-refractivity contribution is 0.411. The second-order valence-corrected chi connectivity index (χ2v) is 5.22. The molecule has 1 aromatic heterocycles. The van der Waals surface area contributed by atoms with E-state index < -0.39 is 0 Å². The highest BCUT2D eigenvalue weighted by Crippen LogP contribution is 2.32. The van der Waals surface area contributed by atoms with Gasteiger partial charge >= 0.3 is 0 Å². The lowest BCUT2D eigenvalue weighted by Gasteiger charge is -2.18. The van der Waals surface area contributed by atoms with E-state index in [-0.39, 0.29) is 5.82 Å². The Morgan fingerprint density at radius 1 is 1.25 bits per heavy atom. The first-order chi connectivity index (χ1) is 9.78. The van der Waals surface area contributed by atoms with E-state index in [0.29, 0.717) is 23.1 Å². The first-order valence-corrected chi connectivity index (χ1v) is 7.04. The number of aromatic amines is 1. The average molecular weight is 275 g/mol. The quantitative estimate of drug-likeness (QED) is 0.929. The number of halogens is 1. The molecule has 0 atom stereocenters. The summed E-state index contributed by atoms with van der Waals surface area (Å²) in [5.41, 5.74) is 0.407. The number of hydrogen-bond donors (Lipinski definition) is 1. The number of methoxy groups -OCH3 is 1. The van der Waals surface area contributed by atoms with Crippen LogP contribution >= 0.6 is 0 Å². The van der Waals surface area contributed by atoms with Crippen molar-refractivity contribution < 1.29 is 9.13 Å². The maximum atomic E-state index is 14.0. The van der Waals surface area contributed by atoms with Crippen molar-refractivity contribution in [3.8, 4) is 17.1 Å². The van der Waals surface area contributed by atoms with Gasteiger partial charge < -0.3 is 4.74 Å². The molecule has 1 heterocycles. The third kappa shape index (κ3) is 2.53. The van der Waals surface area contributed by atoms with Crippen LogP contribution in [0.25, 0.3) is 11.4 Å². The molecule has 4 nitrogen and oxygen atoms in total. The molecule has 0 saturated heterocycles. The van der Waals surface area contributed by atoms with Gasteiger partial charge in [-0.2, -0.15) is 5.10 Å². The molecule has 0 radical (unpaired) electrons. The minimum Gasteiger partial charge on any atom is -0.497 e. The standard InChI is InChI=1S/C15H18FN3O/c1-20-11-7-8-12(13(16)9-11)15-17-14(18-19-15)10-5-3-2-4-6-10/h7-10H,2-6H2,1H3,(H,17,18,19). The van der Waals surface area contributed by atoms with E-state index in [4.69, 9.17) is 4.74 Å². The van der Waals surface area contributed by atoms with Gasteiger partial charge in [-0.15, -0.1) is 0 Å². The fourth-order valence-electron chi connectivity index (χ4n) is 2.76. The summed E-state index contributed by atoms with van der Waals surface area (Å²) in [5, 5.41) is 7.13. The Hall–Kier alpha value is -1.91. The van der Waals surface area contributed by atoms with Gasteiger partial charge in [0.25, 0.3) is 0 Å². The SMILES string of the molecule is COc1ccc(-c2n[nH]c(C3CCCCC3)n2)c(F)c1. The molecule has 0 amide bonds. The van der Waals surface area contributed by atoms with Gasteiger partial charge in [0.15, 0.2) is 5.82 Å². The zero-order valence-electron chi connectivity index (χ0n) is 11.5. The summed E-state index contributed by atoms with van der Waals surface area (Å²) in [6.45, 7) is 0. The highest BCUT2D eigenvalue weighted by molar-refractivity contribution is 5.57. The van der Waals surface area contributed by atoms with Crippen molar-refractivity contribution in [1.82, 2.24) is 15.2 Å². The molecule has 106 valence electrons. The molecule has 1 aliphatic rings. The lowest BCUT2D eigenvalue weighted by atomic mass is 9.89. The Kier molecular flexibility index (Phi) is 3.67. The minimum absolute atomic E-state index is 0.362. The number of aromatic nitrogens is 3. The van der Waals surface area contributed by atoms with Crippen molar-refractivity contribution in [3.63, 3.8) is 0 Å². The van der Waals surface area contributed by atoms with Crippen LogP contribution in [0.2, 0.25) is 0 Å². The van der Waals surface area contributed by atoms with Crippen LogP contribution in [0.4, 0.5) is 4.39 Å². The van der Waals surface area contributed by atoms with Crippen LogP contribution < -0.4 is 4.74 Å². The Labute approximate surface area is 117 Å². The van der Waals surface area contributed by atoms with Crippen LogP contribution in [0.3, 0.4) is 0 Å². The van der Waals surface area contributed by atoms with Gasteiger partial charge in [-0.05, 0) is 25.0 Å². The van der Waals surface area contributed by atoms with Crippen molar-refractivity contribution in [2.75, 3.05) is 7.11 Å². The van der Waals surface area contributed by atoms with E-state index in [9.17, 15) is 4.39 Å². The number of H-pyrrole nitrogens is 1. The van der Waals surface area contributed by atoms with E-state index in [1.807, 2.05) is 0 Å². The monoisotopic (exact) mass is 275 g/mol. The minimum atomic E-state index is -0.362. The topological polar surface area (TPSA) is 50.8 Å². The zero-order chi connectivity index (χ0) is 13.9. The van der Waals surface area contributed by atoms with Crippen LogP contribution in [0.5, 0.6) is 5.75 Å². The molecule has 3 rings (SSSR count). The second-order valence-electron chi connectivity index (χ2n) is 5.22. The first-order valence-electron chi connectivity index (χ1n) is 7.04. The molecule has 0 unspecified atom stereocenters. The number of hydrogen-bond acceptors (Lipinski definition) is 3. The van der Waals surface area contributed by atoms with Gasteiger partial charge in [0.1, 0.15) is 17.4 Å². The summed E-state index contributed by atoms with van der Waals surface area (Å²) in [4.78, 5) is 4.47. The Morgan fingerprint density at radius 2 is 2.05 bits per heavy atom. The third-order valence-electron chi connectivity index (χ3n) is 3.91. The van der Waals surface area contributed by atoms with Crippen LogP contribution in [0, 0.1) is 5.82 Å².